The van der Waals surface area contributed by atoms with Gasteiger partial charge in [0.2, 0.25) is 10.0 Å². The highest BCUT2D eigenvalue weighted by Gasteiger charge is 2.27. The van der Waals surface area contributed by atoms with Crippen LogP contribution in [0.3, 0.4) is 0 Å². The number of benzene rings is 2. The maximum Gasteiger partial charge on any atom is 0.253 e. The van der Waals surface area contributed by atoms with E-state index in [0.29, 0.717) is 24.6 Å². The van der Waals surface area contributed by atoms with Gasteiger partial charge >= 0.3 is 0 Å². The van der Waals surface area contributed by atoms with Crippen LogP contribution >= 0.6 is 11.6 Å². The van der Waals surface area contributed by atoms with E-state index in [1.54, 1.807) is 0 Å². The van der Waals surface area contributed by atoms with Gasteiger partial charge in [0, 0.05) is 23.7 Å². The van der Waals surface area contributed by atoms with Crippen LogP contribution in [0, 0.1) is 5.92 Å². The van der Waals surface area contributed by atoms with Gasteiger partial charge in [0.15, 0.2) is 0 Å². The van der Waals surface area contributed by atoms with Crippen molar-refractivity contribution in [2.24, 2.45) is 11.1 Å². The van der Waals surface area contributed by atoms with E-state index in [1.165, 1.54) is 29.8 Å². The molecule has 1 unspecified atom stereocenters. The normalized spacial score (nSPS) is 17.7. The van der Waals surface area contributed by atoms with Crippen molar-refractivity contribution in [3.63, 3.8) is 0 Å². The number of nitrogens with two attached hydrogens (primary N) is 1. The van der Waals surface area contributed by atoms with E-state index in [-0.39, 0.29) is 10.8 Å². The van der Waals surface area contributed by atoms with Crippen LogP contribution in [0.2, 0.25) is 5.02 Å². The molecule has 0 saturated carbocycles. The Morgan fingerprint density at radius 3 is 2.36 bits per heavy atom. The highest BCUT2D eigenvalue weighted by molar-refractivity contribution is 7.89. The standard InChI is InChI=1S/C18H19ClN2O3S/c19-16-5-1-13(2-6-16)11-14-9-10-21(12-14)18(22)15-3-7-17(8-4-15)25(20,23)24/h1-8,14H,9-12H2,(H2,20,23,24). The lowest BCUT2D eigenvalue weighted by molar-refractivity contribution is 0.0787. The van der Waals surface area contributed by atoms with Crippen LogP contribution in [-0.2, 0) is 16.4 Å². The van der Waals surface area contributed by atoms with Gasteiger partial charge in [-0.3, -0.25) is 4.79 Å². The minimum absolute atomic E-state index is 0.00564. The molecule has 132 valence electrons. The largest absolute Gasteiger partial charge is 0.338 e. The molecule has 1 fully saturated rings. The van der Waals surface area contributed by atoms with Crippen molar-refractivity contribution in [1.29, 1.82) is 0 Å². The zero-order valence-electron chi connectivity index (χ0n) is 13.6. The van der Waals surface area contributed by atoms with Crippen LogP contribution in [0.1, 0.15) is 22.3 Å². The number of halogens is 1. The van der Waals surface area contributed by atoms with Gasteiger partial charge in [-0.25, -0.2) is 13.6 Å². The van der Waals surface area contributed by atoms with Crippen molar-refractivity contribution < 1.29 is 13.2 Å². The monoisotopic (exact) mass is 378 g/mol. The zero-order chi connectivity index (χ0) is 18.0. The maximum absolute atomic E-state index is 12.6. The Morgan fingerprint density at radius 2 is 1.76 bits per heavy atom. The molecule has 0 spiro atoms. The average Bonchev–Trinajstić information content (AvgIpc) is 3.04. The lowest BCUT2D eigenvalue weighted by atomic mass is 9.99. The van der Waals surface area contributed by atoms with Crippen molar-refractivity contribution in [3.05, 3.63) is 64.7 Å². The number of primary sulfonamides is 1. The third-order valence-electron chi connectivity index (χ3n) is 4.44. The third-order valence-corrected chi connectivity index (χ3v) is 5.62. The summed E-state index contributed by atoms with van der Waals surface area (Å²) in [6.45, 7) is 1.40. The van der Waals surface area contributed by atoms with E-state index in [9.17, 15) is 13.2 Å². The Kier molecular flexibility index (Phi) is 5.13. The minimum Gasteiger partial charge on any atom is -0.338 e. The van der Waals surface area contributed by atoms with E-state index < -0.39 is 10.0 Å². The Bertz CT molecular complexity index is 864. The summed E-state index contributed by atoms with van der Waals surface area (Å²) in [5.41, 5.74) is 1.68. The molecule has 3 rings (SSSR count). The van der Waals surface area contributed by atoms with E-state index in [2.05, 4.69) is 0 Å². The highest BCUT2D eigenvalue weighted by Crippen LogP contribution is 2.23. The average molecular weight is 379 g/mol. The van der Waals surface area contributed by atoms with Gasteiger partial charge in [-0.2, -0.15) is 0 Å². The molecule has 25 heavy (non-hydrogen) atoms. The topological polar surface area (TPSA) is 80.5 Å². The molecular weight excluding hydrogens is 360 g/mol. The molecule has 0 radical (unpaired) electrons. The molecule has 2 aromatic carbocycles. The van der Waals surface area contributed by atoms with Gasteiger partial charge in [-0.05, 0) is 60.7 Å². The molecule has 2 N–H and O–H groups in total. The number of sulfonamides is 1. The molecule has 1 atom stereocenters. The number of carbonyl (C=O) groups excluding carboxylic acids is 1. The maximum atomic E-state index is 12.6. The van der Waals surface area contributed by atoms with Gasteiger partial charge in [-0.15, -0.1) is 0 Å². The predicted octanol–water partition coefficient (Wildman–Crippen LogP) is 2.69. The number of hydrogen-bond donors (Lipinski definition) is 1. The number of rotatable bonds is 4. The number of likely N-dealkylation sites (tertiary alicyclic amines) is 1. The molecule has 1 amide bonds. The Hall–Kier alpha value is -1.89. The van der Waals surface area contributed by atoms with E-state index in [1.807, 2.05) is 29.2 Å². The fourth-order valence-electron chi connectivity index (χ4n) is 3.11. The first kappa shape index (κ1) is 17.9. The molecule has 7 heteroatoms. The van der Waals surface area contributed by atoms with E-state index >= 15 is 0 Å². The predicted molar refractivity (Wildman–Crippen MR) is 97.0 cm³/mol. The highest BCUT2D eigenvalue weighted by atomic mass is 35.5. The fourth-order valence-corrected chi connectivity index (χ4v) is 3.75. The fraction of sp³-hybridized carbons (Fsp3) is 0.278. The van der Waals surface area contributed by atoms with Gasteiger partial charge in [0.05, 0.1) is 4.90 Å². The Balaban J connectivity index is 1.63. The summed E-state index contributed by atoms with van der Waals surface area (Å²) in [5.74, 6) is 0.327. The lowest BCUT2D eigenvalue weighted by Crippen LogP contribution is -2.29. The van der Waals surface area contributed by atoms with Crippen molar-refractivity contribution in [1.82, 2.24) is 4.90 Å². The molecule has 0 aromatic heterocycles. The molecule has 1 saturated heterocycles. The number of amides is 1. The molecule has 1 aliphatic rings. The first-order valence-corrected chi connectivity index (χ1v) is 9.92. The molecule has 1 aliphatic heterocycles. The van der Waals surface area contributed by atoms with Crippen molar-refractivity contribution >= 4 is 27.5 Å². The Labute approximate surface area is 152 Å². The molecular formula is C18H19ClN2O3S. The van der Waals surface area contributed by atoms with E-state index in [4.69, 9.17) is 16.7 Å². The first-order valence-electron chi connectivity index (χ1n) is 7.99. The summed E-state index contributed by atoms with van der Waals surface area (Å²) in [6, 6.07) is 13.5. The van der Waals surface area contributed by atoms with Crippen LogP contribution in [0.4, 0.5) is 0 Å². The summed E-state index contributed by atoms with van der Waals surface area (Å²) in [6.07, 6.45) is 1.86. The Morgan fingerprint density at radius 1 is 1.12 bits per heavy atom. The van der Waals surface area contributed by atoms with Gasteiger partial charge in [0.1, 0.15) is 0 Å². The number of nitrogens with zero attached hydrogens (tertiary/aromatic N) is 1. The number of carbonyl (C=O) groups is 1. The molecule has 0 bridgehead atoms. The summed E-state index contributed by atoms with van der Waals surface area (Å²) in [5, 5.41) is 5.79. The van der Waals surface area contributed by atoms with Gasteiger partial charge < -0.3 is 4.90 Å². The SMILES string of the molecule is NS(=O)(=O)c1ccc(C(=O)N2CCC(Cc3ccc(Cl)cc3)C2)cc1. The van der Waals surface area contributed by atoms with Crippen molar-refractivity contribution in [2.45, 2.75) is 17.7 Å². The molecule has 0 aliphatic carbocycles. The molecule has 5 nitrogen and oxygen atoms in total. The van der Waals surface area contributed by atoms with Gasteiger partial charge in [-0.1, -0.05) is 23.7 Å². The third kappa shape index (κ3) is 4.39. The smallest absolute Gasteiger partial charge is 0.253 e. The van der Waals surface area contributed by atoms with Gasteiger partial charge in [0.25, 0.3) is 5.91 Å². The summed E-state index contributed by atoms with van der Waals surface area (Å²) < 4.78 is 22.6. The molecule has 1 heterocycles. The second-order valence-electron chi connectivity index (χ2n) is 6.31. The lowest BCUT2D eigenvalue weighted by Gasteiger charge is -2.17. The number of hydrogen-bond acceptors (Lipinski definition) is 3. The van der Waals surface area contributed by atoms with Crippen LogP contribution in [-0.4, -0.2) is 32.3 Å². The second kappa shape index (κ2) is 7.15. The summed E-state index contributed by atoms with van der Waals surface area (Å²) in [4.78, 5) is 14.4. The summed E-state index contributed by atoms with van der Waals surface area (Å²) in [7, 11) is -3.75. The minimum atomic E-state index is -3.75. The van der Waals surface area contributed by atoms with Crippen molar-refractivity contribution in [2.75, 3.05) is 13.1 Å². The molecule has 2 aromatic rings. The quantitative estimate of drug-likeness (QED) is 0.888. The van der Waals surface area contributed by atoms with E-state index in [0.717, 1.165) is 17.9 Å². The van der Waals surface area contributed by atoms with Crippen LogP contribution in [0.5, 0.6) is 0 Å². The summed E-state index contributed by atoms with van der Waals surface area (Å²) >= 11 is 5.90. The van der Waals surface area contributed by atoms with Crippen LogP contribution < -0.4 is 5.14 Å². The second-order valence-corrected chi connectivity index (χ2v) is 8.30. The van der Waals surface area contributed by atoms with Crippen molar-refractivity contribution in [3.8, 4) is 0 Å². The first-order chi connectivity index (χ1) is 11.8. The van der Waals surface area contributed by atoms with Crippen LogP contribution in [0.15, 0.2) is 53.4 Å². The zero-order valence-corrected chi connectivity index (χ0v) is 15.1. The van der Waals surface area contributed by atoms with Crippen LogP contribution in [0.25, 0.3) is 0 Å².